The fourth-order valence-electron chi connectivity index (χ4n) is 2.51. The van der Waals surface area contributed by atoms with Gasteiger partial charge in [0.25, 0.3) is 0 Å². The maximum absolute atomic E-state index is 10.4. The highest BCUT2D eigenvalue weighted by Gasteiger charge is 2.33. The first kappa shape index (κ1) is 12.5. The molecule has 1 unspecified atom stereocenters. The first-order valence-electron chi connectivity index (χ1n) is 5.87. The van der Waals surface area contributed by atoms with Crippen molar-refractivity contribution in [2.24, 2.45) is 5.41 Å². The van der Waals surface area contributed by atoms with E-state index >= 15 is 0 Å². The third kappa shape index (κ3) is 3.82. The minimum Gasteiger partial charge on any atom is -0.481 e. The van der Waals surface area contributed by atoms with Crippen LogP contribution in [0.15, 0.2) is 0 Å². The Bertz CT molecular complexity index is 220. The number of carbonyl (C=O) groups is 1. The molecule has 0 aromatic carbocycles. The van der Waals surface area contributed by atoms with Gasteiger partial charge < -0.3 is 5.11 Å². The van der Waals surface area contributed by atoms with E-state index in [1.807, 2.05) is 0 Å². The van der Waals surface area contributed by atoms with E-state index in [4.69, 9.17) is 5.11 Å². The largest absolute Gasteiger partial charge is 0.481 e. The smallest absolute Gasteiger partial charge is 0.303 e. The van der Waals surface area contributed by atoms with Gasteiger partial charge in [-0.1, -0.05) is 20.8 Å². The van der Waals surface area contributed by atoms with Gasteiger partial charge in [-0.05, 0) is 37.8 Å². The standard InChI is InChI=1S/C12H23NO2/c1-12(2,3)10-6-4-8-13(10)9-5-7-11(14)15/h10H,4-9H2,1-3H3,(H,14,15). The van der Waals surface area contributed by atoms with Gasteiger partial charge in [-0.15, -0.1) is 0 Å². The second kappa shape index (κ2) is 4.97. The summed E-state index contributed by atoms with van der Waals surface area (Å²) in [5.74, 6) is -0.679. The lowest BCUT2D eigenvalue weighted by molar-refractivity contribution is -0.137. The fourth-order valence-corrected chi connectivity index (χ4v) is 2.51. The van der Waals surface area contributed by atoms with Crippen LogP contribution in [0.1, 0.15) is 46.5 Å². The number of hydrogen-bond acceptors (Lipinski definition) is 2. The third-order valence-corrected chi connectivity index (χ3v) is 3.20. The summed E-state index contributed by atoms with van der Waals surface area (Å²) < 4.78 is 0. The molecule has 0 aliphatic carbocycles. The molecule has 1 atom stereocenters. The van der Waals surface area contributed by atoms with E-state index in [-0.39, 0.29) is 0 Å². The van der Waals surface area contributed by atoms with Crippen LogP contribution < -0.4 is 0 Å². The van der Waals surface area contributed by atoms with Crippen molar-refractivity contribution >= 4 is 5.97 Å². The van der Waals surface area contributed by atoms with E-state index in [1.165, 1.54) is 12.8 Å². The molecule has 0 amide bonds. The second-order valence-electron chi connectivity index (χ2n) is 5.56. The van der Waals surface area contributed by atoms with Crippen molar-refractivity contribution in [2.75, 3.05) is 13.1 Å². The average molecular weight is 213 g/mol. The Kier molecular flexibility index (Phi) is 4.14. The van der Waals surface area contributed by atoms with Gasteiger partial charge in [-0.25, -0.2) is 0 Å². The molecule has 0 aromatic rings. The summed E-state index contributed by atoms with van der Waals surface area (Å²) in [4.78, 5) is 12.9. The van der Waals surface area contributed by atoms with Crippen molar-refractivity contribution in [1.29, 1.82) is 0 Å². The van der Waals surface area contributed by atoms with Gasteiger partial charge in [0.1, 0.15) is 0 Å². The molecule has 0 radical (unpaired) electrons. The topological polar surface area (TPSA) is 40.5 Å². The number of rotatable bonds is 4. The van der Waals surface area contributed by atoms with E-state index in [0.29, 0.717) is 17.9 Å². The predicted molar refractivity (Wildman–Crippen MR) is 60.9 cm³/mol. The Morgan fingerprint density at radius 2 is 2.13 bits per heavy atom. The minimum atomic E-state index is -0.679. The van der Waals surface area contributed by atoms with E-state index in [9.17, 15) is 4.79 Å². The monoisotopic (exact) mass is 213 g/mol. The van der Waals surface area contributed by atoms with Gasteiger partial charge in [0.05, 0.1) is 0 Å². The first-order chi connectivity index (χ1) is 6.91. The van der Waals surface area contributed by atoms with Crippen LogP contribution in [0.5, 0.6) is 0 Å². The lowest BCUT2D eigenvalue weighted by atomic mass is 9.85. The molecule has 1 aliphatic heterocycles. The Hall–Kier alpha value is -0.570. The quantitative estimate of drug-likeness (QED) is 0.779. The zero-order chi connectivity index (χ0) is 11.5. The molecule has 0 bridgehead atoms. The Labute approximate surface area is 92.5 Å². The van der Waals surface area contributed by atoms with Gasteiger partial charge >= 0.3 is 5.97 Å². The maximum Gasteiger partial charge on any atom is 0.303 e. The van der Waals surface area contributed by atoms with Gasteiger partial charge in [0.2, 0.25) is 0 Å². The van der Waals surface area contributed by atoms with E-state index < -0.39 is 5.97 Å². The Morgan fingerprint density at radius 1 is 1.47 bits per heavy atom. The van der Waals surface area contributed by atoms with Crippen LogP contribution in [-0.2, 0) is 4.79 Å². The molecule has 3 heteroatoms. The van der Waals surface area contributed by atoms with Crippen LogP contribution in [-0.4, -0.2) is 35.1 Å². The van der Waals surface area contributed by atoms with Crippen molar-refractivity contribution in [3.05, 3.63) is 0 Å². The molecule has 15 heavy (non-hydrogen) atoms. The molecule has 3 nitrogen and oxygen atoms in total. The van der Waals surface area contributed by atoms with Crippen LogP contribution in [0.2, 0.25) is 0 Å². The molecule has 0 saturated carbocycles. The maximum atomic E-state index is 10.4. The molecular formula is C12H23NO2. The highest BCUT2D eigenvalue weighted by Crippen LogP contribution is 2.32. The summed E-state index contributed by atoms with van der Waals surface area (Å²) in [5.41, 5.74) is 0.319. The van der Waals surface area contributed by atoms with E-state index in [1.54, 1.807) is 0 Å². The van der Waals surface area contributed by atoms with Crippen molar-refractivity contribution < 1.29 is 9.90 Å². The molecule has 1 N–H and O–H groups in total. The number of aliphatic carboxylic acids is 1. The minimum absolute atomic E-state index is 0.299. The van der Waals surface area contributed by atoms with Crippen molar-refractivity contribution in [1.82, 2.24) is 4.90 Å². The molecule has 1 heterocycles. The zero-order valence-corrected chi connectivity index (χ0v) is 10.1. The van der Waals surface area contributed by atoms with Gasteiger partial charge in [-0.2, -0.15) is 0 Å². The summed E-state index contributed by atoms with van der Waals surface area (Å²) in [6.07, 6.45) is 3.60. The van der Waals surface area contributed by atoms with Gasteiger partial charge in [0, 0.05) is 12.5 Å². The normalized spacial score (nSPS) is 23.3. The van der Waals surface area contributed by atoms with Crippen LogP contribution >= 0.6 is 0 Å². The molecule has 88 valence electrons. The summed E-state index contributed by atoms with van der Waals surface area (Å²) in [6, 6.07) is 0.631. The number of carboxylic acid groups (broad SMARTS) is 1. The zero-order valence-electron chi connectivity index (χ0n) is 10.1. The molecule has 1 rings (SSSR count). The number of nitrogens with zero attached hydrogens (tertiary/aromatic N) is 1. The van der Waals surface area contributed by atoms with E-state index in [0.717, 1.165) is 19.5 Å². The third-order valence-electron chi connectivity index (χ3n) is 3.20. The molecule has 1 saturated heterocycles. The Balaban J connectivity index is 2.37. The molecule has 0 spiro atoms. The summed E-state index contributed by atoms with van der Waals surface area (Å²) in [7, 11) is 0. The highest BCUT2D eigenvalue weighted by molar-refractivity contribution is 5.66. The molecule has 0 aromatic heterocycles. The average Bonchev–Trinajstić information content (AvgIpc) is 2.50. The van der Waals surface area contributed by atoms with Gasteiger partial charge in [-0.3, -0.25) is 9.69 Å². The van der Waals surface area contributed by atoms with E-state index in [2.05, 4.69) is 25.7 Å². The number of hydrogen-bond donors (Lipinski definition) is 1. The number of carboxylic acids is 1. The number of likely N-dealkylation sites (tertiary alicyclic amines) is 1. The van der Waals surface area contributed by atoms with Crippen molar-refractivity contribution in [3.8, 4) is 0 Å². The molecule has 1 aliphatic rings. The van der Waals surface area contributed by atoms with Crippen LogP contribution in [0.3, 0.4) is 0 Å². The summed E-state index contributed by atoms with van der Waals surface area (Å²) in [5, 5.41) is 8.59. The second-order valence-corrected chi connectivity index (χ2v) is 5.56. The SMILES string of the molecule is CC(C)(C)C1CCCN1CCCC(=O)O. The Morgan fingerprint density at radius 3 is 2.67 bits per heavy atom. The lowest BCUT2D eigenvalue weighted by Gasteiger charge is -2.35. The molecular weight excluding hydrogens is 190 g/mol. The van der Waals surface area contributed by atoms with Crippen molar-refractivity contribution in [2.45, 2.75) is 52.5 Å². The van der Waals surface area contributed by atoms with Crippen LogP contribution in [0.25, 0.3) is 0 Å². The van der Waals surface area contributed by atoms with Gasteiger partial charge in [0.15, 0.2) is 0 Å². The summed E-state index contributed by atoms with van der Waals surface area (Å²) >= 11 is 0. The molecule has 1 fully saturated rings. The highest BCUT2D eigenvalue weighted by atomic mass is 16.4. The summed E-state index contributed by atoms with van der Waals surface area (Å²) in [6.45, 7) is 8.89. The van der Waals surface area contributed by atoms with Crippen LogP contribution in [0, 0.1) is 5.41 Å². The first-order valence-corrected chi connectivity index (χ1v) is 5.87. The van der Waals surface area contributed by atoms with Crippen molar-refractivity contribution in [3.63, 3.8) is 0 Å². The lowest BCUT2D eigenvalue weighted by Crippen LogP contribution is -2.39. The van der Waals surface area contributed by atoms with Crippen LogP contribution in [0.4, 0.5) is 0 Å². The fraction of sp³-hybridized carbons (Fsp3) is 0.917. The predicted octanol–water partition coefficient (Wildman–Crippen LogP) is 2.36.